The maximum atomic E-state index is 6.89. The highest BCUT2D eigenvalue weighted by Crippen LogP contribution is 2.59. The first-order valence-corrected chi connectivity index (χ1v) is 17.4. The van der Waals surface area contributed by atoms with E-state index in [1.807, 2.05) is 0 Å². The molecule has 0 saturated carbocycles. The zero-order valence-corrected chi connectivity index (χ0v) is 28.4. The van der Waals surface area contributed by atoms with E-state index in [1.54, 1.807) is 0 Å². The minimum Gasteiger partial charge on any atom is -0.455 e. The zero-order chi connectivity index (χ0) is 33.7. The maximum absolute atomic E-state index is 6.89. The molecule has 1 heterocycles. The van der Waals surface area contributed by atoms with E-state index in [1.165, 1.54) is 70.7 Å². The van der Waals surface area contributed by atoms with Crippen LogP contribution in [0.5, 0.6) is 0 Å². The molecule has 0 N–H and O–H groups in total. The third kappa shape index (κ3) is 3.79. The molecule has 0 fully saturated rings. The lowest BCUT2D eigenvalue weighted by Crippen LogP contribution is -2.17. The van der Waals surface area contributed by atoms with Gasteiger partial charge in [-0.15, -0.1) is 0 Å². The van der Waals surface area contributed by atoms with Gasteiger partial charge in [-0.25, -0.2) is 0 Å². The molecular weight excluding hydrogens is 607 g/mol. The topological polar surface area (TPSA) is 16.4 Å². The van der Waals surface area contributed by atoms with E-state index in [0.717, 1.165) is 33.6 Å². The van der Waals surface area contributed by atoms with E-state index < -0.39 is 0 Å². The van der Waals surface area contributed by atoms with Crippen LogP contribution in [0.25, 0.3) is 76.2 Å². The Labute approximate surface area is 291 Å². The second kappa shape index (κ2) is 10.4. The predicted octanol–water partition coefficient (Wildman–Crippen LogP) is 13.7. The Hall–Kier alpha value is -6.12. The summed E-state index contributed by atoms with van der Waals surface area (Å²) in [5.74, 6) is 0. The van der Waals surface area contributed by atoms with Crippen molar-refractivity contribution in [1.82, 2.24) is 0 Å². The van der Waals surface area contributed by atoms with Gasteiger partial charge in [0.2, 0.25) is 0 Å². The molecule has 2 nitrogen and oxygen atoms in total. The van der Waals surface area contributed by atoms with Gasteiger partial charge in [-0.3, -0.25) is 0 Å². The molecule has 50 heavy (non-hydrogen) atoms. The lowest BCUT2D eigenvalue weighted by atomic mass is 9.79. The second-order valence-corrected chi connectivity index (χ2v) is 14.1. The van der Waals surface area contributed by atoms with Crippen LogP contribution in [0.1, 0.15) is 31.9 Å². The number of hydrogen-bond donors (Lipinski definition) is 0. The summed E-state index contributed by atoms with van der Waals surface area (Å²) in [5.41, 5.74) is 9.66. The summed E-state index contributed by atoms with van der Waals surface area (Å²) in [4.78, 5) is 2.34. The Morgan fingerprint density at radius 2 is 1.18 bits per heavy atom. The molecule has 0 aliphatic heterocycles. The van der Waals surface area contributed by atoms with Crippen LogP contribution < -0.4 is 4.90 Å². The van der Waals surface area contributed by atoms with Crippen LogP contribution in [0, 0.1) is 0 Å². The molecule has 0 bridgehead atoms. The molecule has 10 rings (SSSR count). The molecule has 9 aromatic rings. The average Bonchev–Trinajstić information content (AvgIpc) is 3.65. The smallest absolute Gasteiger partial charge is 0.144 e. The van der Waals surface area contributed by atoms with Gasteiger partial charge in [0.05, 0.1) is 5.69 Å². The van der Waals surface area contributed by atoms with Gasteiger partial charge < -0.3 is 9.32 Å². The molecule has 0 saturated heterocycles. The largest absolute Gasteiger partial charge is 0.455 e. The average molecular weight is 642 g/mol. The molecule has 8 aromatic carbocycles. The number of para-hydroxylation sites is 1. The molecule has 0 radical (unpaired) electrons. The number of rotatable bonds is 4. The van der Waals surface area contributed by atoms with Crippen molar-refractivity contribution in [2.45, 2.75) is 26.2 Å². The van der Waals surface area contributed by atoms with Crippen molar-refractivity contribution in [3.8, 4) is 11.1 Å². The van der Waals surface area contributed by atoms with Crippen molar-refractivity contribution in [1.29, 1.82) is 0 Å². The summed E-state index contributed by atoms with van der Waals surface area (Å²) in [6.07, 6.45) is 4.19. The van der Waals surface area contributed by atoms with E-state index in [4.69, 9.17) is 4.42 Å². The standard InChI is InChI=1S/C48H35NO/c1-5-15-29(2)49(30-26-27-35-33-18-7-6-16-31(33)32-17-8-9-19-34(32)39(35)28-30)41-24-14-23-40-44(41)45-46(48(40,3)4)37-21-11-10-20-36(37)43-38-22-12-13-25-42(38)50-47(43)45/h5-28H,2H2,1,3-4H3/b15-5-. The minimum atomic E-state index is -0.264. The summed E-state index contributed by atoms with van der Waals surface area (Å²) in [6, 6.07) is 48.5. The van der Waals surface area contributed by atoms with Gasteiger partial charge in [-0.2, -0.15) is 0 Å². The third-order valence-corrected chi connectivity index (χ3v) is 11.0. The lowest BCUT2D eigenvalue weighted by Gasteiger charge is -2.29. The first-order valence-electron chi connectivity index (χ1n) is 17.4. The second-order valence-electron chi connectivity index (χ2n) is 14.1. The van der Waals surface area contributed by atoms with Crippen LogP contribution >= 0.6 is 0 Å². The van der Waals surface area contributed by atoms with Crippen LogP contribution in [0.15, 0.2) is 162 Å². The number of allylic oxidation sites excluding steroid dienone is 2. The van der Waals surface area contributed by atoms with Crippen molar-refractivity contribution in [2.75, 3.05) is 4.90 Å². The fourth-order valence-corrected chi connectivity index (χ4v) is 8.95. The van der Waals surface area contributed by atoms with Crippen molar-refractivity contribution in [3.63, 3.8) is 0 Å². The Morgan fingerprint density at radius 3 is 1.86 bits per heavy atom. The summed E-state index contributed by atoms with van der Waals surface area (Å²) >= 11 is 0. The molecule has 1 aliphatic rings. The van der Waals surface area contributed by atoms with E-state index in [2.05, 4.69) is 178 Å². The fourth-order valence-electron chi connectivity index (χ4n) is 8.95. The van der Waals surface area contributed by atoms with Gasteiger partial charge in [-0.1, -0.05) is 136 Å². The van der Waals surface area contributed by atoms with Gasteiger partial charge in [-0.05, 0) is 91.5 Å². The third-order valence-electron chi connectivity index (χ3n) is 11.0. The first-order chi connectivity index (χ1) is 24.5. The number of fused-ring (bicyclic) bond motifs is 16. The van der Waals surface area contributed by atoms with Gasteiger partial charge >= 0.3 is 0 Å². The highest BCUT2D eigenvalue weighted by Gasteiger charge is 2.42. The minimum absolute atomic E-state index is 0.264. The van der Waals surface area contributed by atoms with Crippen molar-refractivity contribution in [3.05, 3.63) is 169 Å². The SMILES string of the molecule is C=C(/C=C\C)N(c1ccc2c3ccccc3c3ccccc3c2c1)c1cccc2c1-c1c(c3ccccc3c3c1oc1ccccc13)C2(C)C. The molecule has 1 aromatic heterocycles. The molecule has 0 unspecified atom stereocenters. The molecule has 0 amide bonds. The Morgan fingerprint density at radius 1 is 0.600 bits per heavy atom. The summed E-state index contributed by atoms with van der Waals surface area (Å²) in [6.45, 7) is 11.5. The Bertz CT molecular complexity index is 2900. The van der Waals surface area contributed by atoms with Gasteiger partial charge in [0.1, 0.15) is 11.2 Å². The van der Waals surface area contributed by atoms with E-state index in [-0.39, 0.29) is 5.41 Å². The highest BCUT2D eigenvalue weighted by atomic mass is 16.3. The summed E-state index contributed by atoms with van der Waals surface area (Å²) in [5, 5.41) is 12.4. The monoisotopic (exact) mass is 641 g/mol. The summed E-state index contributed by atoms with van der Waals surface area (Å²) in [7, 11) is 0. The van der Waals surface area contributed by atoms with E-state index >= 15 is 0 Å². The normalized spacial score (nSPS) is 13.7. The first kappa shape index (κ1) is 28.9. The van der Waals surface area contributed by atoms with Crippen LogP contribution in [-0.4, -0.2) is 0 Å². The maximum Gasteiger partial charge on any atom is 0.144 e. The predicted molar refractivity (Wildman–Crippen MR) is 214 cm³/mol. The zero-order valence-electron chi connectivity index (χ0n) is 28.4. The Balaban J connectivity index is 1.32. The Kier molecular flexibility index (Phi) is 6.02. The highest BCUT2D eigenvalue weighted by molar-refractivity contribution is 6.27. The van der Waals surface area contributed by atoms with Crippen molar-refractivity contribution < 1.29 is 4.42 Å². The van der Waals surface area contributed by atoms with Crippen LogP contribution in [-0.2, 0) is 5.41 Å². The molecule has 1 aliphatic carbocycles. The molecule has 0 spiro atoms. The molecule has 2 heteroatoms. The summed E-state index contributed by atoms with van der Waals surface area (Å²) < 4.78 is 6.89. The van der Waals surface area contributed by atoms with Crippen LogP contribution in [0.4, 0.5) is 11.4 Å². The molecular formula is C48H35NO. The van der Waals surface area contributed by atoms with Crippen LogP contribution in [0.3, 0.4) is 0 Å². The van der Waals surface area contributed by atoms with E-state index in [0.29, 0.717) is 0 Å². The number of nitrogens with zero attached hydrogens (tertiary/aromatic N) is 1. The number of benzene rings is 8. The van der Waals surface area contributed by atoms with Crippen LogP contribution in [0.2, 0.25) is 0 Å². The molecule has 238 valence electrons. The van der Waals surface area contributed by atoms with Gasteiger partial charge in [0.15, 0.2) is 0 Å². The lowest BCUT2D eigenvalue weighted by molar-refractivity contribution is 0.657. The van der Waals surface area contributed by atoms with Crippen molar-refractivity contribution >= 4 is 76.4 Å². The number of furan rings is 1. The van der Waals surface area contributed by atoms with Gasteiger partial charge in [0, 0.05) is 38.7 Å². The van der Waals surface area contributed by atoms with Gasteiger partial charge in [0.25, 0.3) is 0 Å². The molecule has 0 atom stereocenters. The number of hydrogen-bond acceptors (Lipinski definition) is 2. The van der Waals surface area contributed by atoms with Crippen molar-refractivity contribution in [2.24, 2.45) is 0 Å². The van der Waals surface area contributed by atoms with E-state index in [9.17, 15) is 0 Å². The quantitative estimate of drug-likeness (QED) is 0.140. The number of anilines is 2. The fraction of sp³-hybridized carbons (Fsp3) is 0.0833.